The van der Waals surface area contributed by atoms with Gasteiger partial charge in [-0.3, -0.25) is 10.2 Å². The van der Waals surface area contributed by atoms with Crippen LogP contribution in [-0.4, -0.2) is 23.6 Å². The summed E-state index contributed by atoms with van der Waals surface area (Å²) in [7, 11) is 0. The Labute approximate surface area is 163 Å². The normalized spacial score (nSPS) is 16.5. The summed E-state index contributed by atoms with van der Waals surface area (Å²) in [6.07, 6.45) is 1.91. The minimum atomic E-state index is -4.47. The number of hydrogen-bond acceptors (Lipinski definition) is 2. The van der Waals surface area contributed by atoms with Crippen molar-refractivity contribution in [2.24, 2.45) is 0 Å². The predicted molar refractivity (Wildman–Crippen MR) is 105 cm³/mol. The van der Waals surface area contributed by atoms with Crippen LogP contribution in [0.3, 0.4) is 0 Å². The van der Waals surface area contributed by atoms with Crippen LogP contribution in [0, 0.1) is 0 Å². The number of aryl methyl sites for hydroxylation is 1. The number of nitrogens with one attached hydrogen (secondary N) is 1. The smallest absolute Gasteiger partial charge is 0.288 e. The van der Waals surface area contributed by atoms with Crippen molar-refractivity contribution in [3.63, 3.8) is 0 Å². The summed E-state index contributed by atoms with van der Waals surface area (Å²) < 4.78 is 41.7. The number of carbonyl (C=O) groups is 1. The van der Waals surface area contributed by atoms with Gasteiger partial charge in [0.05, 0.1) is 0 Å². The van der Waals surface area contributed by atoms with Crippen molar-refractivity contribution < 1.29 is 18.0 Å². The van der Waals surface area contributed by atoms with Gasteiger partial charge in [-0.25, -0.2) is 5.01 Å². The molecule has 0 aliphatic carbocycles. The summed E-state index contributed by atoms with van der Waals surface area (Å²) in [4.78, 5) is 11.5. The predicted octanol–water partition coefficient (Wildman–Crippen LogP) is 5.69. The standard InChI is InChI=1S/C22H27F3N2O/c1-2-3-4-5-6-9-16-14-18(15-17-10-7-8-11-19(16)17)21(22(23,24)25)27-13-12-20(28)26-27/h7-8,10-11,14-15,21H,2-6,9,12-13H2,1H3,(H,26,28)/t21-/m0/s1. The van der Waals surface area contributed by atoms with Crippen molar-refractivity contribution in [3.8, 4) is 0 Å². The second kappa shape index (κ2) is 8.95. The van der Waals surface area contributed by atoms with E-state index in [0.717, 1.165) is 53.4 Å². The van der Waals surface area contributed by atoms with E-state index in [2.05, 4.69) is 12.3 Å². The zero-order chi connectivity index (χ0) is 20.1. The lowest BCUT2D eigenvalue weighted by Crippen LogP contribution is -2.43. The number of halogens is 3. The molecule has 3 nitrogen and oxygen atoms in total. The molecule has 0 unspecified atom stereocenters. The maximum absolute atomic E-state index is 13.9. The zero-order valence-electron chi connectivity index (χ0n) is 16.2. The first-order valence-corrected chi connectivity index (χ1v) is 10.0. The highest BCUT2D eigenvalue weighted by molar-refractivity contribution is 5.86. The molecular formula is C22H27F3N2O. The van der Waals surface area contributed by atoms with Crippen molar-refractivity contribution in [3.05, 3.63) is 47.5 Å². The molecule has 2 aromatic rings. The largest absolute Gasteiger partial charge is 0.409 e. The van der Waals surface area contributed by atoms with E-state index >= 15 is 0 Å². The molecule has 0 bridgehead atoms. The van der Waals surface area contributed by atoms with Crippen LogP contribution < -0.4 is 5.43 Å². The fourth-order valence-electron chi connectivity index (χ4n) is 3.93. The molecule has 1 fully saturated rings. The molecule has 1 aliphatic rings. The van der Waals surface area contributed by atoms with Crippen molar-refractivity contribution in [1.82, 2.24) is 10.4 Å². The van der Waals surface area contributed by atoms with Gasteiger partial charge < -0.3 is 0 Å². The number of unbranched alkanes of at least 4 members (excludes halogenated alkanes) is 4. The summed E-state index contributed by atoms with van der Waals surface area (Å²) in [6.45, 7) is 2.22. The molecule has 1 amide bonds. The topological polar surface area (TPSA) is 32.3 Å². The average Bonchev–Trinajstić information content (AvgIpc) is 3.06. The quantitative estimate of drug-likeness (QED) is 0.585. The van der Waals surface area contributed by atoms with Crippen LogP contribution in [0.2, 0.25) is 0 Å². The van der Waals surface area contributed by atoms with Gasteiger partial charge in [0.15, 0.2) is 0 Å². The molecule has 1 atom stereocenters. The highest BCUT2D eigenvalue weighted by Gasteiger charge is 2.47. The van der Waals surface area contributed by atoms with Crippen LogP contribution >= 0.6 is 0 Å². The molecule has 1 aliphatic heterocycles. The van der Waals surface area contributed by atoms with Crippen LogP contribution in [0.15, 0.2) is 36.4 Å². The van der Waals surface area contributed by atoms with E-state index < -0.39 is 12.2 Å². The third-order valence-electron chi connectivity index (χ3n) is 5.31. The van der Waals surface area contributed by atoms with E-state index in [4.69, 9.17) is 0 Å². The molecule has 0 aromatic heterocycles. The average molecular weight is 392 g/mol. The first-order chi connectivity index (χ1) is 13.4. The number of benzene rings is 2. The fourth-order valence-corrected chi connectivity index (χ4v) is 3.93. The molecule has 28 heavy (non-hydrogen) atoms. The van der Waals surface area contributed by atoms with Gasteiger partial charge in [-0.2, -0.15) is 13.2 Å². The van der Waals surface area contributed by atoms with E-state index in [1.165, 1.54) is 6.42 Å². The van der Waals surface area contributed by atoms with E-state index in [0.29, 0.717) is 0 Å². The van der Waals surface area contributed by atoms with Gasteiger partial charge in [-0.05, 0) is 40.8 Å². The maximum Gasteiger partial charge on any atom is 0.409 e. The molecule has 152 valence electrons. The molecule has 3 rings (SSSR count). The van der Waals surface area contributed by atoms with Gasteiger partial charge in [0.1, 0.15) is 6.04 Å². The van der Waals surface area contributed by atoms with Crippen LogP contribution in [0.1, 0.15) is 62.6 Å². The summed E-state index contributed by atoms with van der Waals surface area (Å²) in [5.74, 6) is -0.369. The van der Waals surface area contributed by atoms with Gasteiger partial charge in [0.25, 0.3) is 0 Å². The zero-order valence-corrected chi connectivity index (χ0v) is 16.2. The highest BCUT2D eigenvalue weighted by atomic mass is 19.4. The van der Waals surface area contributed by atoms with Crippen LogP contribution in [0.25, 0.3) is 10.8 Å². The molecule has 1 heterocycles. The van der Waals surface area contributed by atoms with Gasteiger partial charge in [0.2, 0.25) is 5.91 Å². The fraction of sp³-hybridized carbons (Fsp3) is 0.500. The monoisotopic (exact) mass is 392 g/mol. The van der Waals surface area contributed by atoms with E-state index in [1.54, 1.807) is 12.1 Å². The molecule has 0 saturated carbocycles. The SMILES string of the molecule is CCCCCCCc1cc([C@H](N2CCC(=O)N2)C(F)(F)F)cc2ccccc12. The van der Waals surface area contributed by atoms with Gasteiger partial charge in [0, 0.05) is 13.0 Å². The van der Waals surface area contributed by atoms with Crippen molar-refractivity contribution in [1.29, 1.82) is 0 Å². The molecule has 1 N–H and O–H groups in total. The number of hydrazine groups is 1. The molecule has 2 aromatic carbocycles. The first kappa shape index (κ1) is 20.6. The van der Waals surface area contributed by atoms with Crippen molar-refractivity contribution >= 4 is 16.7 Å². The Balaban J connectivity index is 1.93. The Morgan fingerprint density at radius 2 is 1.86 bits per heavy atom. The number of hydrogen-bond donors (Lipinski definition) is 1. The van der Waals surface area contributed by atoms with Crippen molar-refractivity contribution in [2.75, 3.05) is 6.54 Å². The molecule has 0 radical (unpaired) electrons. The number of rotatable bonds is 8. The molecule has 0 spiro atoms. The van der Waals surface area contributed by atoms with Crippen LogP contribution in [0.4, 0.5) is 13.2 Å². The summed E-state index contributed by atoms with van der Waals surface area (Å²) in [5, 5.41) is 2.84. The summed E-state index contributed by atoms with van der Waals surface area (Å²) in [6, 6.07) is 9.06. The van der Waals surface area contributed by atoms with Crippen molar-refractivity contribution in [2.45, 2.75) is 64.1 Å². The number of nitrogens with zero attached hydrogens (tertiary/aromatic N) is 1. The Hall–Kier alpha value is -2.08. The second-order valence-electron chi connectivity index (χ2n) is 7.49. The van der Waals surface area contributed by atoms with Gasteiger partial charge >= 0.3 is 6.18 Å². The molecular weight excluding hydrogens is 365 g/mol. The van der Waals surface area contributed by atoms with Gasteiger partial charge in [-0.15, -0.1) is 0 Å². The first-order valence-electron chi connectivity index (χ1n) is 10.0. The van der Waals surface area contributed by atoms with Crippen LogP contribution in [0.5, 0.6) is 0 Å². The van der Waals surface area contributed by atoms with E-state index in [9.17, 15) is 18.0 Å². The Morgan fingerprint density at radius 3 is 2.54 bits per heavy atom. The summed E-state index contributed by atoms with van der Waals surface area (Å²) in [5.41, 5.74) is 3.51. The maximum atomic E-state index is 13.9. The minimum Gasteiger partial charge on any atom is -0.288 e. The van der Waals surface area contributed by atoms with E-state index in [1.807, 2.05) is 24.3 Å². The lowest BCUT2D eigenvalue weighted by Gasteiger charge is -2.30. The Kier molecular flexibility index (Phi) is 6.60. The third kappa shape index (κ3) is 4.85. The third-order valence-corrected chi connectivity index (χ3v) is 5.31. The Morgan fingerprint density at radius 1 is 1.11 bits per heavy atom. The molecule has 6 heteroatoms. The van der Waals surface area contributed by atoms with E-state index in [-0.39, 0.29) is 24.4 Å². The van der Waals surface area contributed by atoms with Gasteiger partial charge in [-0.1, -0.05) is 62.9 Å². The second-order valence-corrected chi connectivity index (χ2v) is 7.49. The minimum absolute atomic E-state index is 0.0577. The molecule has 1 saturated heterocycles. The highest BCUT2D eigenvalue weighted by Crippen LogP contribution is 2.39. The lowest BCUT2D eigenvalue weighted by atomic mass is 9.93. The summed E-state index contributed by atoms with van der Waals surface area (Å²) >= 11 is 0. The Bertz CT molecular complexity index is 819. The lowest BCUT2D eigenvalue weighted by molar-refractivity contribution is -0.191. The number of amides is 1. The number of fused-ring (bicyclic) bond motifs is 1. The number of alkyl halides is 3. The van der Waals surface area contributed by atoms with Crippen LogP contribution in [-0.2, 0) is 11.2 Å². The number of carbonyl (C=O) groups excluding carboxylic acids is 1.